The molecule has 0 N–H and O–H groups in total. The average Bonchev–Trinajstić information content (AvgIpc) is 3.08. The first-order valence-electron chi connectivity index (χ1n) is 14.0. The molecule has 196 valence electrons. The van der Waals surface area contributed by atoms with Gasteiger partial charge in [-0.25, -0.2) is 19.9 Å². The van der Waals surface area contributed by atoms with Gasteiger partial charge in [0.2, 0.25) is 0 Å². The molecule has 6 aromatic carbocycles. The van der Waals surface area contributed by atoms with Crippen molar-refractivity contribution in [3.8, 4) is 45.3 Å². The molecule has 4 nitrogen and oxygen atoms in total. The molecule has 0 fully saturated rings. The molecule has 4 heteroatoms. The summed E-state index contributed by atoms with van der Waals surface area (Å²) in [6, 6.07) is 45.8. The molecule has 0 aliphatic heterocycles. The molecule has 42 heavy (non-hydrogen) atoms. The summed E-state index contributed by atoms with van der Waals surface area (Å²) in [5.74, 6) is 1.39. The molecule has 0 radical (unpaired) electrons. The van der Waals surface area contributed by atoms with Crippen LogP contribution in [-0.2, 0) is 0 Å². The van der Waals surface area contributed by atoms with Crippen molar-refractivity contribution in [3.05, 3.63) is 146 Å². The van der Waals surface area contributed by atoms with E-state index in [1.807, 2.05) is 60.9 Å². The Labute approximate surface area is 243 Å². The largest absolute Gasteiger partial charge is 0.237 e. The lowest BCUT2D eigenvalue weighted by atomic mass is 9.88. The van der Waals surface area contributed by atoms with Crippen LogP contribution in [0.3, 0.4) is 0 Å². The van der Waals surface area contributed by atoms with Crippen LogP contribution in [-0.4, -0.2) is 19.9 Å². The molecule has 0 saturated heterocycles. The minimum absolute atomic E-state index is 0.693. The van der Waals surface area contributed by atoms with Crippen molar-refractivity contribution in [1.82, 2.24) is 19.9 Å². The maximum Gasteiger partial charge on any atom is 0.161 e. The van der Waals surface area contributed by atoms with Crippen LogP contribution in [0.1, 0.15) is 0 Å². The summed E-state index contributed by atoms with van der Waals surface area (Å²) < 4.78 is 0. The van der Waals surface area contributed by atoms with Crippen LogP contribution in [0.25, 0.3) is 77.6 Å². The minimum Gasteiger partial charge on any atom is -0.237 e. The van der Waals surface area contributed by atoms with Crippen molar-refractivity contribution in [2.45, 2.75) is 0 Å². The number of benzene rings is 6. The van der Waals surface area contributed by atoms with E-state index in [1.165, 1.54) is 0 Å². The summed E-state index contributed by atoms with van der Waals surface area (Å²) in [7, 11) is 0. The highest BCUT2D eigenvalue weighted by atomic mass is 14.9. The van der Waals surface area contributed by atoms with E-state index in [0.717, 1.165) is 66.0 Å². The zero-order valence-corrected chi connectivity index (χ0v) is 22.6. The minimum atomic E-state index is 0.693. The summed E-state index contributed by atoms with van der Waals surface area (Å²) in [5.41, 5.74) is 5.91. The van der Waals surface area contributed by atoms with E-state index in [1.54, 1.807) is 0 Å². The molecule has 0 amide bonds. The van der Waals surface area contributed by atoms with E-state index >= 15 is 0 Å². The van der Waals surface area contributed by atoms with Crippen LogP contribution in [0.5, 0.6) is 0 Å². The predicted molar refractivity (Wildman–Crippen MR) is 172 cm³/mol. The fourth-order valence-corrected chi connectivity index (χ4v) is 5.92. The van der Waals surface area contributed by atoms with Gasteiger partial charge in [0.05, 0.1) is 11.4 Å². The normalized spacial score (nSPS) is 11.3. The Morgan fingerprint density at radius 3 is 1.48 bits per heavy atom. The number of rotatable bonds is 4. The van der Waals surface area contributed by atoms with Gasteiger partial charge in [-0.15, -0.1) is 0 Å². The number of hydrogen-bond donors (Lipinski definition) is 0. The van der Waals surface area contributed by atoms with Crippen LogP contribution < -0.4 is 0 Å². The zero-order valence-electron chi connectivity index (χ0n) is 22.6. The standard InChI is InChI=1S/C38H24N4/c1-3-12-26(13-4-1)32-21-23-39-37(41-32)35-29-17-9-10-18-30(29)36(34-28-16-8-7-11-25(28)19-20-31(34)35)38-40-24-22-33(42-38)27-14-5-2-6-15-27/h1-24H. The van der Waals surface area contributed by atoms with Gasteiger partial charge < -0.3 is 0 Å². The first-order valence-corrected chi connectivity index (χ1v) is 14.0. The fraction of sp³-hybridized carbons (Fsp3) is 0. The Hall–Kier alpha value is -5.74. The van der Waals surface area contributed by atoms with Gasteiger partial charge in [0, 0.05) is 40.0 Å². The molecule has 0 aliphatic rings. The molecule has 2 heterocycles. The molecule has 0 atom stereocenters. The summed E-state index contributed by atoms with van der Waals surface area (Å²) in [6.07, 6.45) is 3.71. The van der Waals surface area contributed by atoms with Gasteiger partial charge in [0.25, 0.3) is 0 Å². The van der Waals surface area contributed by atoms with Crippen LogP contribution in [0.15, 0.2) is 146 Å². The lowest BCUT2D eigenvalue weighted by molar-refractivity contribution is 1.18. The second-order valence-corrected chi connectivity index (χ2v) is 10.3. The number of aromatic nitrogens is 4. The van der Waals surface area contributed by atoms with Gasteiger partial charge in [-0.2, -0.15) is 0 Å². The monoisotopic (exact) mass is 536 g/mol. The Kier molecular flexibility index (Phi) is 5.75. The van der Waals surface area contributed by atoms with Gasteiger partial charge in [-0.05, 0) is 39.1 Å². The van der Waals surface area contributed by atoms with Gasteiger partial charge in [-0.1, -0.05) is 121 Å². The van der Waals surface area contributed by atoms with E-state index in [9.17, 15) is 0 Å². The molecule has 2 aromatic heterocycles. The molecule has 8 aromatic rings. The van der Waals surface area contributed by atoms with E-state index in [4.69, 9.17) is 19.9 Å². The van der Waals surface area contributed by atoms with E-state index in [0.29, 0.717) is 11.6 Å². The molecular weight excluding hydrogens is 512 g/mol. The molecule has 0 saturated carbocycles. The molecular formula is C38H24N4. The van der Waals surface area contributed by atoms with Crippen molar-refractivity contribution in [1.29, 1.82) is 0 Å². The van der Waals surface area contributed by atoms with Crippen LogP contribution in [0, 0.1) is 0 Å². The molecule has 0 unspecified atom stereocenters. The Balaban J connectivity index is 1.49. The Morgan fingerprint density at radius 2 is 0.857 bits per heavy atom. The number of fused-ring (bicyclic) bond motifs is 4. The van der Waals surface area contributed by atoms with E-state index in [-0.39, 0.29) is 0 Å². The average molecular weight is 537 g/mol. The third-order valence-electron chi connectivity index (χ3n) is 7.81. The lowest BCUT2D eigenvalue weighted by Gasteiger charge is -2.18. The Bertz CT molecular complexity index is 2240. The van der Waals surface area contributed by atoms with E-state index in [2.05, 4.69) is 84.9 Å². The number of nitrogens with zero attached hydrogens (tertiary/aromatic N) is 4. The van der Waals surface area contributed by atoms with Gasteiger partial charge in [0.1, 0.15) is 0 Å². The van der Waals surface area contributed by atoms with E-state index < -0.39 is 0 Å². The smallest absolute Gasteiger partial charge is 0.161 e. The van der Waals surface area contributed by atoms with Crippen LogP contribution in [0.4, 0.5) is 0 Å². The lowest BCUT2D eigenvalue weighted by Crippen LogP contribution is -1.98. The number of hydrogen-bond acceptors (Lipinski definition) is 4. The Morgan fingerprint density at radius 1 is 0.357 bits per heavy atom. The summed E-state index contributed by atoms with van der Waals surface area (Å²) >= 11 is 0. The van der Waals surface area contributed by atoms with Crippen molar-refractivity contribution >= 4 is 32.3 Å². The molecule has 0 spiro atoms. The fourth-order valence-electron chi connectivity index (χ4n) is 5.92. The SMILES string of the molecule is c1ccc(-c2ccnc(-c3c4ccccc4c(-c4nccc(-c5ccccc5)n4)c4c3ccc3ccccc34)n2)cc1. The highest BCUT2D eigenvalue weighted by Gasteiger charge is 2.21. The highest BCUT2D eigenvalue weighted by Crippen LogP contribution is 2.45. The van der Waals surface area contributed by atoms with Gasteiger partial charge >= 0.3 is 0 Å². The predicted octanol–water partition coefficient (Wildman–Crippen LogP) is 9.39. The molecule has 0 aliphatic carbocycles. The summed E-state index contributed by atoms with van der Waals surface area (Å²) in [4.78, 5) is 19.9. The molecule has 0 bridgehead atoms. The molecule has 8 rings (SSSR count). The van der Waals surface area contributed by atoms with Crippen molar-refractivity contribution < 1.29 is 0 Å². The third-order valence-corrected chi connectivity index (χ3v) is 7.81. The summed E-state index contributed by atoms with van der Waals surface area (Å²) in [5, 5.41) is 6.60. The maximum absolute atomic E-state index is 5.13. The first-order chi connectivity index (χ1) is 20.8. The van der Waals surface area contributed by atoms with Crippen molar-refractivity contribution in [2.24, 2.45) is 0 Å². The maximum atomic E-state index is 5.13. The van der Waals surface area contributed by atoms with Crippen molar-refractivity contribution in [3.63, 3.8) is 0 Å². The van der Waals surface area contributed by atoms with Gasteiger partial charge in [0.15, 0.2) is 11.6 Å². The summed E-state index contributed by atoms with van der Waals surface area (Å²) in [6.45, 7) is 0. The second kappa shape index (κ2) is 10.0. The second-order valence-electron chi connectivity index (χ2n) is 10.3. The zero-order chi connectivity index (χ0) is 27.9. The topological polar surface area (TPSA) is 51.6 Å². The quantitative estimate of drug-likeness (QED) is 0.166. The highest BCUT2D eigenvalue weighted by molar-refractivity contribution is 6.27. The van der Waals surface area contributed by atoms with Crippen LogP contribution in [0.2, 0.25) is 0 Å². The third kappa shape index (κ3) is 4.01. The van der Waals surface area contributed by atoms with Crippen LogP contribution >= 0.6 is 0 Å². The van der Waals surface area contributed by atoms with Crippen molar-refractivity contribution in [2.75, 3.05) is 0 Å². The van der Waals surface area contributed by atoms with Gasteiger partial charge in [-0.3, -0.25) is 0 Å². The first kappa shape index (κ1) is 24.1.